The number of amides is 1. The van der Waals surface area contributed by atoms with Gasteiger partial charge >= 0.3 is 5.97 Å². The summed E-state index contributed by atoms with van der Waals surface area (Å²) < 4.78 is 11.0. The highest BCUT2D eigenvalue weighted by atomic mass is 16.5. The lowest BCUT2D eigenvalue weighted by Crippen LogP contribution is -2.45. The number of carbonyl (C=O) groups excluding carboxylic acids is 2. The second kappa shape index (κ2) is 9.55. The fraction of sp³-hybridized carbons (Fsp3) is 0.905. The average molecular weight is 396 g/mol. The molecule has 0 aromatic rings. The highest BCUT2D eigenvalue weighted by Gasteiger charge is 2.54. The summed E-state index contributed by atoms with van der Waals surface area (Å²) in [7, 11) is 4.15. The van der Waals surface area contributed by atoms with Gasteiger partial charge < -0.3 is 24.2 Å². The first kappa shape index (κ1) is 21.5. The van der Waals surface area contributed by atoms with E-state index < -0.39 is 5.41 Å². The molecule has 3 rings (SSSR count). The van der Waals surface area contributed by atoms with Gasteiger partial charge in [-0.3, -0.25) is 9.59 Å². The van der Waals surface area contributed by atoms with Crippen molar-refractivity contribution < 1.29 is 19.1 Å². The molecule has 7 nitrogen and oxygen atoms in total. The van der Waals surface area contributed by atoms with Crippen LogP contribution in [0.2, 0.25) is 0 Å². The molecule has 3 fully saturated rings. The van der Waals surface area contributed by atoms with Crippen LogP contribution in [0, 0.1) is 17.3 Å². The molecule has 3 aliphatic heterocycles. The van der Waals surface area contributed by atoms with Crippen LogP contribution in [0.25, 0.3) is 0 Å². The Morgan fingerprint density at radius 3 is 2.64 bits per heavy atom. The maximum Gasteiger partial charge on any atom is 0.313 e. The van der Waals surface area contributed by atoms with Crippen LogP contribution < -0.4 is 0 Å². The predicted molar refractivity (Wildman–Crippen MR) is 107 cm³/mol. The van der Waals surface area contributed by atoms with Gasteiger partial charge in [0, 0.05) is 64.3 Å². The number of likely N-dealkylation sites (N-methyl/N-ethyl adjacent to an activating group) is 1. The van der Waals surface area contributed by atoms with E-state index in [1.807, 2.05) is 11.8 Å². The first-order valence-corrected chi connectivity index (χ1v) is 10.9. The lowest BCUT2D eigenvalue weighted by Gasteiger charge is -2.33. The molecule has 7 heteroatoms. The molecule has 3 saturated heterocycles. The first-order valence-electron chi connectivity index (χ1n) is 10.9. The van der Waals surface area contributed by atoms with E-state index in [2.05, 4.69) is 23.9 Å². The molecule has 3 aliphatic rings. The molecule has 0 aromatic heterocycles. The molecule has 3 heterocycles. The smallest absolute Gasteiger partial charge is 0.313 e. The maximum absolute atomic E-state index is 13.1. The predicted octanol–water partition coefficient (Wildman–Crippen LogP) is 1.08. The van der Waals surface area contributed by atoms with Gasteiger partial charge in [-0.15, -0.1) is 0 Å². The standard InChI is InChI=1S/C21H37N3O4/c1-4-28-20(26)21-8-5-9-24(19(25)17-6-12-27-13-7-17)15-18(21)14-23(16-21)11-10-22(2)3/h17-18H,4-16H2,1-3H3/t18-,21+/m0/s1. The van der Waals surface area contributed by atoms with Gasteiger partial charge in [0.2, 0.25) is 5.91 Å². The zero-order valence-electron chi connectivity index (χ0n) is 17.8. The van der Waals surface area contributed by atoms with E-state index in [0.29, 0.717) is 26.4 Å². The van der Waals surface area contributed by atoms with E-state index in [1.54, 1.807) is 0 Å². The van der Waals surface area contributed by atoms with Crippen molar-refractivity contribution in [1.29, 1.82) is 0 Å². The fourth-order valence-corrected chi connectivity index (χ4v) is 5.06. The Morgan fingerprint density at radius 1 is 1.21 bits per heavy atom. The molecule has 0 unspecified atom stereocenters. The summed E-state index contributed by atoms with van der Waals surface area (Å²) in [4.78, 5) is 32.8. The Morgan fingerprint density at radius 2 is 1.96 bits per heavy atom. The second-order valence-electron chi connectivity index (χ2n) is 8.89. The molecule has 0 aliphatic carbocycles. The topological polar surface area (TPSA) is 62.3 Å². The summed E-state index contributed by atoms with van der Waals surface area (Å²) in [6.45, 7) is 8.61. The van der Waals surface area contributed by atoms with Gasteiger partial charge in [0.25, 0.3) is 0 Å². The molecule has 28 heavy (non-hydrogen) atoms. The van der Waals surface area contributed by atoms with Crippen molar-refractivity contribution in [2.75, 3.05) is 73.2 Å². The number of nitrogens with zero attached hydrogens (tertiary/aromatic N) is 3. The van der Waals surface area contributed by atoms with E-state index >= 15 is 0 Å². The summed E-state index contributed by atoms with van der Waals surface area (Å²) in [5.41, 5.74) is -0.465. The summed E-state index contributed by atoms with van der Waals surface area (Å²) in [5, 5.41) is 0. The molecular formula is C21H37N3O4. The normalized spacial score (nSPS) is 29.6. The van der Waals surface area contributed by atoms with Gasteiger partial charge in [-0.25, -0.2) is 0 Å². The van der Waals surface area contributed by atoms with Crippen molar-refractivity contribution in [3.63, 3.8) is 0 Å². The number of hydrogen-bond acceptors (Lipinski definition) is 6. The lowest BCUT2D eigenvalue weighted by molar-refractivity contribution is -0.158. The number of esters is 1. The van der Waals surface area contributed by atoms with Gasteiger partial charge in [0.1, 0.15) is 0 Å². The number of likely N-dealkylation sites (tertiary alicyclic amines) is 2. The van der Waals surface area contributed by atoms with Crippen molar-refractivity contribution in [3.05, 3.63) is 0 Å². The summed E-state index contributed by atoms with van der Waals surface area (Å²) >= 11 is 0. The quantitative estimate of drug-likeness (QED) is 0.627. The zero-order valence-corrected chi connectivity index (χ0v) is 17.8. The molecular weight excluding hydrogens is 358 g/mol. The third-order valence-electron chi connectivity index (χ3n) is 6.69. The minimum atomic E-state index is -0.465. The molecule has 2 atom stereocenters. The first-order chi connectivity index (χ1) is 13.5. The Balaban J connectivity index is 1.74. The third kappa shape index (κ3) is 4.69. The van der Waals surface area contributed by atoms with Crippen molar-refractivity contribution in [3.8, 4) is 0 Å². The highest BCUT2D eigenvalue weighted by Crippen LogP contribution is 2.44. The van der Waals surface area contributed by atoms with E-state index in [1.165, 1.54) is 0 Å². The van der Waals surface area contributed by atoms with Gasteiger partial charge in [-0.2, -0.15) is 0 Å². The zero-order chi connectivity index (χ0) is 20.1. The molecule has 160 valence electrons. The fourth-order valence-electron chi connectivity index (χ4n) is 5.06. The molecule has 0 spiro atoms. The molecule has 0 saturated carbocycles. The largest absolute Gasteiger partial charge is 0.466 e. The van der Waals surface area contributed by atoms with E-state index in [-0.39, 0.29) is 23.7 Å². The minimum Gasteiger partial charge on any atom is -0.466 e. The van der Waals surface area contributed by atoms with Crippen molar-refractivity contribution >= 4 is 11.9 Å². The van der Waals surface area contributed by atoms with Crippen LogP contribution in [0.15, 0.2) is 0 Å². The van der Waals surface area contributed by atoms with Gasteiger partial charge in [0.05, 0.1) is 12.0 Å². The monoisotopic (exact) mass is 395 g/mol. The number of carbonyl (C=O) groups is 2. The Labute approximate surface area is 169 Å². The van der Waals surface area contributed by atoms with Crippen LogP contribution in [0.5, 0.6) is 0 Å². The van der Waals surface area contributed by atoms with Gasteiger partial charge in [-0.05, 0) is 46.7 Å². The molecule has 1 amide bonds. The second-order valence-corrected chi connectivity index (χ2v) is 8.89. The summed E-state index contributed by atoms with van der Waals surface area (Å²) in [6, 6.07) is 0. The Kier molecular flexibility index (Phi) is 7.34. The lowest BCUT2D eigenvalue weighted by atomic mass is 9.75. The Hall–Kier alpha value is -1.18. The average Bonchev–Trinajstić information content (AvgIpc) is 2.94. The third-order valence-corrected chi connectivity index (χ3v) is 6.69. The number of hydrogen-bond donors (Lipinski definition) is 0. The van der Waals surface area contributed by atoms with E-state index in [9.17, 15) is 9.59 Å². The van der Waals surface area contributed by atoms with Crippen LogP contribution in [0.4, 0.5) is 0 Å². The van der Waals surface area contributed by atoms with Gasteiger partial charge in [-0.1, -0.05) is 0 Å². The van der Waals surface area contributed by atoms with Crippen LogP contribution >= 0.6 is 0 Å². The minimum absolute atomic E-state index is 0.0623. The van der Waals surface area contributed by atoms with Crippen LogP contribution in [0.1, 0.15) is 32.6 Å². The Bertz CT molecular complexity index is 550. The molecule has 0 N–H and O–H groups in total. The SMILES string of the molecule is CCOC(=O)[C@@]12CCCN(C(=O)C3CCOCC3)C[C@@H]1CN(CCN(C)C)C2. The number of rotatable bonds is 6. The van der Waals surface area contributed by atoms with Crippen molar-refractivity contribution in [2.45, 2.75) is 32.6 Å². The molecule has 0 radical (unpaired) electrons. The van der Waals surface area contributed by atoms with Gasteiger partial charge in [0.15, 0.2) is 0 Å². The van der Waals surface area contributed by atoms with Crippen molar-refractivity contribution in [1.82, 2.24) is 14.7 Å². The van der Waals surface area contributed by atoms with E-state index in [0.717, 1.165) is 58.4 Å². The van der Waals surface area contributed by atoms with Crippen molar-refractivity contribution in [2.24, 2.45) is 17.3 Å². The maximum atomic E-state index is 13.1. The molecule has 0 aromatic carbocycles. The van der Waals surface area contributed by atoms with E-state index in [4.69, 9.17) is 9.47 Å². The molecule has 0 bridgehead atoms. The van der Waals surface area contributed by atoms with Crippen LogP contribution in [0.3, 0.4) is 0 Å². The number of fused-ring (bicyclic) bond motifs is 1. The summed E-state index contributed by atoms with van der Waals surface area (Å²) in [6.07, 6.45) is 3.31. The summed E-state index contributed by atoms with van der Waals surface area (Å²) in [5.74, 6) is 0.428. The van der Waals surface area contributed by atoms with Crippen LogP contribution in [-0.4, -0.2) is 99.8 Å². The van der Waals surface area contributed by atoms with Crippen LogP contribution in [-0.2, 0) is 19.1 Å². The number of ether oxygens (including phenoxy) is 2. The highest BCUT2D eigenvalue weighted by molar-refractivity contribution is 5.80.